The molecule has 0 aromatic heterocycles. The Bertz CT molecular complexity index is 700. The number of hydrogen-bond donors (Lipinski definition) is 1. The van der Waals surface area contributed by atoms with Gasteiger partial charge in [0.15, 0.2) is 0 Å². The normalized spacial score (nSPS) is 23.5. The number of aliphatic imine (C=N–C) groups is 1. The molecule has 0 unspecified atom stereocenters. The standard InChI is InChI=1S/C21H35N3O5/c1-21(2,3)29-20(27)23-19-22-17(25)14-12-10-8-6-5-7-9-11-13-15-28-18(26)16-24(19)4/h9,11H,5-8,10,12-16H2,1-4H3,(H,22,23,25,27)/b11-9+/i4D3. The van der Waals surface area contributed by atoms with Crippen LogP contribution in [0.4, 0.5) is 4.79 Å². The van der Waals surface area contributed by atoms with Crippen molar-refractivity contribution in [2.24, 2.45) is 4.99 Å². The molecule has 1 aliphatic rings. The Balaban J connectivity index is 3.13. The van der Waals surface area contributed by atoms with Crippen molar-refractivity contribution in [2.75, 3.05) is 20.1 Å². The Morgan fingerprint density at radius 2 is 1.86 bits per heavy atom. The molecule has 164 valence electrons. The fourth-order valence-electron chi connectivity index (χ4n) is 2.52. The first-order valence-corrected chi connectivity index (χ1v) is 10.1. The van der Waals surface area contributed by atoms with E-state index in [1.54, 1.807) is 20.8 Å². The van der Waals surface area contributed by atoms with Gasteiger partial charge in [0.2, 0.25) is 11.9 Å². The van der Waals surface area contributed by atoms with E-state index >= 15 is 0 Å². The van der Waals surface area contributed by atoms with Crippen molar-refractivity contribution < 1.29 is 28.0 Å². The summed E-state index contributed by atoms with van der Waals surface area (Å²) in [6.45, 7) is 1.38. The lowest BCUT2D eigenvalue weighted by atomic mass is 10.1. The van der Waals surface area contributed by atoms with Crippen LogP contribution in [0.2, 0.25) is 0 Å². The number of carbonyl (C=O) groups is 3. The van der Waals surface area contributed by atoms with Crippen LogP contribution >= 0.6 is 0 Å². The average Bonchev–Trinajstić information content (AvgIpc) is 2.63. The molecule has 29 heavy (non-hydrogen) atoms. The van der Waals surface area contributed by atoms with Crippen molar-refractivity contribution in [1.82, 2.24) is 10.2 Å². The number of ether oxygens (including phenoxy) is 2. The topological polar surface area (TPSA) is 97.3 Å². The third-order valence-electron chi connectivity index (χ3n) is 3.87. The fraction of sp³-hybridized carbons (Fsp3) is 0.714. The summed E-state index contributed by atoms with van der Waals surface area (Å²) in [7, 11) is 0. The van der Waals surface area contributed by atoms with Gasteiger partial charge in [-0.15, -0.1) is 4.99 Å². The molecule has 0 atom stereocenters. The summed E-state index contributed by atoms with van der Waals surface area (Å²) in [4.78, 5) is 41.1. The van der Waals surface area contributed by atoms with Crippen molar-refractivity contribution in [2.45, 2.75) is 77.7 Å². The van der Waals surface area contributed by atoms with Crippen LogP contribution in [0.3, 0.4) is 0 Å². The van der Waals surface area contributed by atoms with E-state index in [9.17, 15) is 14.4 Å². The fourth-order valence-corrected chi connectivity index (χ4v) is 2.52. The zero-order valence-corrected chi connectivity index (χ0v) is 17.7. The van der Waals surface area contributed by atoms with Crippen LogP contribution < -0.4 is 5.32 Å². The molecule has 2 amide bonds. The van der Waals surface area contributed by atoms with Crippen LogP contribution in [0, 0.1) is 0 Å². The summed E-state index contributed by atoms with van der Waals surface area (Å²) >= 11 is 0. The van der Waals surface area contributed by atoms with Gasteiger partial charge in [-0.05, 0) is 46.5 Å². The predicted molar refractivity (Wildman–Crippen MR) is 111 cm³/mol. The number of likely N-dealkylation sites (N-methyl/N-ethyl adjacent to an activating group) is 1. The lowest BCUT2D eigenvalue weighted by Gasteiger charge is -2.22. The third kappa shape index (κ3) is 12.6. The molecular weight excluding hydrogens is 374 g/mol. The number of nitrogens with zero attached hydrogens (tertiary/aromatic N) is 2. The maximum absolute atomic E-state index is 12.4. The minimum Gasteiger partial charge on any atom is -0.464 e. The van der Waals surface area contributed by atoms with E-state index < -0.39 is 43.1 Å². The summed E-state index contributed by atoms with van der Waals surface area (Å²) < 4.78 is 33.6. The first-order chi connectivity index (χ1) is 14.9. The summed E-state index contributed by atoms with van der Waals surface area (Å²) in [6, 6.07) is 0. The number of nitrogens with one attached hydrogen (secondary N) is 1. The van der Waals surface area contributed by atoms with Crippen LogP contribution in [0.5, 0.6) is 0 Å². The molecule has 0 aromatic rings. The molecule has 1 heterocycles. The molecule has 0 saturated heterocycles. The molecule has 0 aliphatic carbocycles. The van der Waals surface area contributed by atoms with E-state index in [2.05, 4.69) is 10.3 Å². The first-order valence-electron chi connectivity index (χ1n) is 11.6. The molecule has 0 saturated carbocycles. The average molecular weight is 413 g/mol. The van der Waals surface area contributed by atoms with Gasteiger partial charge in [-0.2, -0.15) is 0 Å². The number of hydrogen-bond acceptors (Lipinski definition) is 5. The second-order valence-corrected chi connectivity index (χ2v) is 7.84. The van der Waals surface area contributed by atoms with E-state index in [0.29, 0.717) is 17.7 Å². The summed E-state index contributed by atoms with van der Waals surface area (Å²) in [5.41, 5.74) is -0.877. The Hall–Kier alpha value is -2.38. The van der Waals surface area contributed by atoms with Gasteiger partial charge in [0.1, 0.15) is 12.1 Å². The van der Waals surface area contributed by atoms with E-state index in [1.807, 2.05) is 12.2 Å². The number of amides is 2. The highest BCUT2D eigenvalue weighted by atomic mass is 16.6. The zero-order valence-electron chi connectivity index (χ0n) is 20.7. The minimum absolute atomic E-state index is 0.0923. The molecule has 0 fully saturated rings. The minimum atomic E-state index is -2.87. The summed E-state index contributed by atoms with van der Waals surface area (Å²) in [5.74, 6) is -1.89. The first kappa shape index (κ1) is 19.9. The molecular formula is C21H35N3O5. The molecule has 0 bridgehead atoms. The maximum atomic E-state index is 12.4. The Labute approximate surface area is 177 Å². The summed E-state index contributed by atoms with van der Waals surface area (Å²) in [5, 5.41) is 2.37. The van der Waals surface area contributed by atoms with Crippen molar-refractivity contribution in [3.8, 4) is 0 Å². The largest absolute Gasteiger partial charge is 0.464 e. The molecule has 1 aliphatic heterocycles. The molecule has 0 aromatic carbocycles. The SMILES string of the molecule is [2H]C([2H])([2H])N1CC(=O)OCC/C=C/CCCCCCCC(=O)N/C1=N/C(=O)OC(C)(C)C. The second-order valence-electron chi connectivity index (χ2n) is 7.84. The summed E-state index contributed by atoms with van der Waals surface area (Å²) in [6.07, 6.45) is 8.98. The van der Waals surface area contributed by atoms with Crippen molar-refractivity contribution in [3.63, 3.8) is 0 Å². The van der Waals surface area contributed by atoms with E-state index in [4.69, 9.17) is 13.6 Å². The molecule has 1 rings (SSSR count). The van der Waals surface area contributed by atoms with Crippen LogP contribution in [0.1, 0.15) is 76.3 Å². The molecule has 1 N–H and O–H groups in total. The smallest absolute Gasteiger partial charge is 0.437 e. The van der Waals surface area contributed by atoms with Gasteiger partial charge in [-0.3, -0.25) is 14.9 Å². The van der Waals surface area contributed by atoms with Gasteiger partial charge in [0.25, 0.3) is 0 Å². The Kier molecular flexibility index (Phi) is 8.90. The number of guanidine groups is 1. The van der Waals surface area contributed by atoms with Crippen molar-refractivity contribution >= 4 is 23.9 Å². The quantitative estimate of drug-likeness (QED) is 0.483. The van der Waals surface area contributed by atoms with Gasteiger partial charge in [-0.25, -0.2) is 4.79 Å². The van der Waals surface area contributed by atoms with Crippen LogP contribution in [0.15, 0.2) is 17.1 Å². The highest BCUT2D eigenvalue weighted by Crippen LogP contribution is 2.10. The number of carbonyl (C=O) groups excluding carboxylic acids is 3. The van der Waals surface area contributed by atoms with Gasteiger partial charge in [0.05, 0.1) is 6.61 Å². The van der Waals surface area contributed by atoms with E-state index in [1.165, 1.54) is 0 Å². The van der Waals surface area contributed by atoms with Crippen LogP contribution in [-0.4, -0.2) is 54.6 Å². The Morgan fingerprint density at radius 1 is 1.17 bits per heavy atom. The third-order valence-corrected chi connectivity index (χ3v) is 3.87. The molecule has 0 radical (unpaired) electrons. The molecule has 0 spiro atoms. The highest BCUT2D eigenvalue weighted by molar-refractivity contribution is 6.01. The van der Waals surface area contributed by atoms with Crippen molar-refractivity contribution in [3.05, 3.63) is 12.2 Å². The number of esters is 1. The second kappa shape index (κ2) is 13.0. The molecule has 8 heteroatoms. The van der Waals surface area contributed by atoms with Gasteiger partial charge >= 0.3 is 12.1 Å². The number of cyclic esters (lactones) is 1. The molecule has 8 nitrogen and oxygen atoms in total. The lowest BCUT2D eigenvalue weighted by molar-refractivity contribution is -0.143. The van der Waals surface area contributed by atoms with Crippen LogP contribution in [0.25, 0.3) is 0 Å². The van der Waals surface area contributed by atoms with Gasteiger partial charge < -0.3 is 14.4 Å². The van der Waals surface area contributed by atoms with Gasteiger partial charge in [-0.1, -0.05) is 31.4 Å². The van der Waals surface area contributed by atoms with Gasteiger partial charge in [0, 0.05) is 17.5 Å². The zero-order chi connectivity index (χ0) is 24.2. The predicted octanol–water partition coefficient (Wildman–Crippen LogP) is 3.56. The Morgan fingerprint density at radius 3 is 2.59 bits per heavy atom. The van der Waals surface area contributed by atoms with E-state index in [-0.39, 0.29) is 13.0 Å². The van der Waals surface area contributed by atoms with Crippen LogP contribution in [-0.2, 0) is 19.1 Å². The van der Waals surface area contributed by atoms with Crippen molar-refractivity contribution in [1.29, 1.82) is 0 Å². The maximum Gasteiger partial charge on any atom is 0.437 e. The highest BCUT2D eigenvalue weighted by Gasteiger charge is 2.20. The van der Waals surface area contributed by atoms with E-state index in [0.717, 1.165) is 32.1 Å². The lowest BCUT2D eigenvalue weighted by Crippen LogP contribution is -2.45. The number of rotatable bonds is 0. The monoisotopic (exact) mass is 412 g/mol. The number of allylic oxidation sites excluding steroid dienone is 1.